The van der Waals surface area contributed by atoms with Gasteiger partial charge >= 0.3 is 5.69 Å². The minimum absolute atomic E-state index is 0.120. The van der Waals surface area contributed by atoms with Gasteiger partial charge in [0.1, 0.15) is 0 Å². The Hall–Kier alpha value is -1.43. The summed E-state index contributed by atoms with van der Waals surface area (Å²) in [6, 6.07) is 1.25. The standard InChI is InChI=1S/C8H8N2O3S/c1-5(11)6-3-7(10(12)13)8(14-2)9-4-6/h3-4H,1-2H3. The third kappa shape index (κ3) is 2.08. The van der Waals surface area contributed by atoms with Gasteiger partial charge in [-0.25, -0.2) is 4.98 Å². The number of Topliss-reactive ketones (excluding diaryl/α,β-unsaturated/α-hetero) is 1. The molecule has 74 valence electrons. The third-order valence-corrected chi connectivity index (χ3v) is 2.33. The SMILES string of the molecule is CSc1ncc(C(C)=O)cc1[N+](=O)[O-]. The molecule has 0 bridgehead atoms. The van der Waals surface area contributed by atoms with E-state index in [1.807, 2.05) is 0 Å². The molecule has 1 heterocycles. The molecular weight excluding hydrogens is 204 g/mol. The van der Waals surface area contributed by atoms with Crippen LogP contribution in [-0.2, 0) is 0 Å². The topological polar surface area (TPSA) is 73.1 Å². The van der Waals surface area contributed by atoms with E-state index in [-0.39, 0.29) is 17.0 Å². The minimum atomic E-state index is -0.536. The molecule has 0 aliphatic rings. The van der Waals surface area contributed by atoms with Gasteiger partial charge in [0.2, 0.25) is 0 Å². The normalized spacial score (nSPS) is 9.86. The Morgan fingerprint density at radius 1 is 1.64 bits per heavy atom. The molecular formula is C8H8N2O3S. The van der Waals surface area contributed by atoms with Crippen LogP contribution in [0.4, 0.5) is 5.69 Å². The van der Waals surface area contributed by atoms with Crippen LogP contribution in [0.1, 0.15) is 17.3 Å². The van der Waals surface area contributed by atoms with Crippen molar-refractivity contribution in [1.82, 2.24) is 4.98 Å². The smallest absolute Gasteiger partial charge is 0.294 e. The fourth-order valence-electron chi connectivity index (χ4n) is 0.921. The van der Waals surface area contributed by atoms with Crippen LogP contribution >= 0.6 is 11.8 Å². The zero-order chi connectivity index (χ0) is 10.7. The molecule has 0 radical (unpaired) electrons. The van der Waals surface area contributed by atoms with Crippen molar-refractivity contribution in [3.8, 4) is 0 Å². The number of carbonyl (C=O) groups excluding carboxylic acids is 1. The first-order valence-corrected chi connectivity index (χ1v) is 4.98. The van der Waals surface area contributed by atoms with E-state index >= 15 is 0 Å². The van der Waals surface area contributed by atoms with Gasteiger partial charge in [-0.1, -0.05) is 0 Å². The number of carbonyl (C=O) groups is 1. The van der Waals surface area contributed by atoms with Crippen LogP contribution in [0.3, 0.4) is 0 Å². The van der Waals surface area contributed by atoms with Crippen LogP contribution < -0.4 is 0 Å². The second-order valence-electron chi connectivity index (χ2n) is 2.57. The Kier molecular flexibility index (Phi) is 3.19. The van der Waals surface area contributed by atoms with Crippen LogP contribution in [0.2, 0.25) is 0 Å². The summed E-state index contributed by atoms with van der Waals surface area (Å²) in [4.78, 5) is 24.9. The Morgan fingerprint density at radius 3 is 2.71 bits per heavy atom. The summed E-state index contributed by atoms with van der Waals surface area (Å²) in [5, 5.41) is 10.9. The maximum absolute atomic E-state index is 11.0. The lowest BCUT2D eigenvalue weighted by atomic mass is 10.2. The van der Waals surface area contributed by atoms with Gasteiger partial charge < -0.3 is 0 Å². The molecule has 0 aromatic carbocycles. The molecule has 0 amide bonds. The molecule has 1 aromatic rings. The lowest BCUT2D eigenvalue weighted by molar-refractivity contribution is -0.388. The van der Waals surface area contributed by atoms with Gasteiger partial charge in [-0.3, -0.25) is 14.9 Å². The second-order valence-corrected chi connectivity index (χ2v) is 3.36. The molecule has 0 N–H and O–H groups in total. The number of rotatable bonds is 3. The van der Waals surface area contributed by atoms with Gasteiger partial charge in [-0.05, 0) is 13.2 Å². The maximum atomic E-state index is 11.0. The number of hydrogen-bond donors (Lipinski definition) is 0. The summed E-state index contributed by atoms with van der Waals surface area (Å²) in [6.07, 6.45) is 3.05. The highest BCUT2D eigenvalue weighted by Crippen LogP contribution is 2.25. The van der Waals surface area contributed by atoms with E-state index in [9.17, 15) is 14.9 Å². The summed E-state index contributed by atoms with van der Waals surface area (Å²) >= 11 is 1.18. The second kappa shape index (κ2) is 4.19. The van der Waals surface area contributed by atoms with E-state index in [2.05, 4.69) is 4.98 Å². The predicted molar refractivity (Wildman–Crippen MR) is 52.7 cm³/mol. The molecule has 0 aliphatic carbocycles. The zero-order valence-electron chi connectivity index (χ0n) is 7.68. The third-order valence-electron chi connectivity index (χ3n) is 1.63. The predicted octanol–water partition coefficient (Wildman–Crippen LogP) is 1.91. The molecule has 1 aromatic heterocycles. The first-order valence-electron chi connectivity index (χ1n) is 3.75. The summed E-state index contributed by atoms with van der Waals surface area (Å²) in [7, 11) is 0. The first-order chi connectivity index (χ1) is 6.56. The Bertz CT molecular complexity index is 392. The lowest BCUT2D eigenvalue weighted by Crippen LogP contribution is -1.99. The molecule has 0 atom stereocenters. The molecule has 0 aliphatic heterocycles. The van der Waals surface area contributed by atoms with Crippen LogP contribution in [0.5, 0.6) is 0 Å². The molecule has 0 unspecified atom stereocenters. The number of nitrogens with zero attached hydrogens (tertiary/aromatic N) is 2. The summed E-state index contributed by atoms with van der Waals surface area (Å²) in [5.41, 5.74) is 0.139. The van der Waals surface area contributed by atoms with Crippen LogP contribution in [0.25, 0.3) is 0 Å². The van der Waals surface area contributed by atoms with Crippen molar-refractivity contribution >= 4 is 23.2 Å². The lowest BCUT2D eigenvalue weighted by Gasteiger charge is -1.99. The number of pyridine rings is 1. The van der Waals surface area contributed by atoms with Gasteiger partial charge in [0.25, 0.3) is 0 Å². The number of thioether (sulfide) groups is 1. The van der Waals surface area contributed by atoms with Gasteiger partial charge in [0.05, 0.1) is 4.92 Å². The highest BCUT2D eigenvalue weighted by molar-refractivity contribution is 7.98. The van der Waals surface area contributed by atoms with Crippen molar-refractivity contribution in [3.05, 3.63) is 27.9 Å². The monoisotopic (exact) mass is 212 g/mol. The fourth-order valence-corrected chi connectivity index (χ4v) is 1.42. The average Bonchev–Trinajstić information content (AvgIpc) is 2.16. The van der Waals surface area contributed by atoms with Gasteiger partial charge in [-0.2, -0.15) is 0 Å². The maximum Gasteiger partial charge on any atom is 0.302 e. The van der Waals surface area contributed by atoms with E-state index in [0.29, 0.717) is 5.03 Å². The van der Waals surface area contributed by atoms with Crippen molar-refractivity contribution in [2.75, 3.05) is 6.26 Å². The largest absolute Gasteiger partial charge is 0.302 e. The Labute approximate surface area is 84.7 Å². The van der Waals surface area contributed by atoms with Gasteiger partial charge in [-0.15, -0.1) is 11.8 Å². The highest BCUT2D eigenvalue weighted by atomic mass is 32.2. The van der Waals surface area contributed by atoms with Crippen LogP contribution in [0, 0.1) is 10.1 Å². The van der Waals surface area contributed by atoms with Crippen molar-refractivity contribution in [2.24, 2.45) is 0 Å². The number of hydrogen-bond acceptors (Lipinski definition) is 5. The van der Waals surface area contributed by atoms with E-state index in [1.54, 1.807) is 6.26 Å². The fraction of sp³-hybridized carbons (Fsp3) is 0.250. The summed E-state index contributed by atoms with van der Waals surface area (Å²) < 4.78 is 0. The Morgan fingerprint density at radius 2 is 2.29 bits per heavy atom. The molecule has 0 spiro atoms. The van der Waals surface area contributed by atoms with Crippen molar-refractivity contribution in [3.63, 3.8) is 0 Å². The van der Waals surface area contributed by atoms with E-state index in [1.165, 1.54) is 30.9 Å². The van der Waals surface area contributed by atoms with E-state index < -0.39 is 4.92 Å². The number of nitro groups is 1. The van der Waals surface area contributed by atoms with Crippen molar-refractivity contribution in [2.45, 2.75) is 11.9 Å². The number of ketones is 1. The van der Waals surface area contributed by atoms with Gasteiger partial charge in [0.15, 0.2) is 10.8 Å². The highest BCUT2D eigenvalue weighted by Gasteiger charge is 2.16. The molecule has 0 saturated carbocycles. The number of aromatic nitrogens is 1. The molecule has 14 heavy (non-hydrogen) atoms. The minimum Gasteiger partial charge on any atom is -0.294 e. The Balaban J connectivity index is 3.27. The van der Waals surface area contributed by atoms with Crippen LogP contribution in [-0.4, -0.2) is 21.9 Å². The molecule has 1 rings (SSSR count). The quantitative estimate of drug-likeness (QED) is 0.331. The average molecular weight is 212 g/mol. The first kappa shape index (κ1) is 10.6. The van der Waals surface area contributed by atoms with E-state index in [0.717, 1.165) is 0 Å². The van der Waals surface area contributed by atoms with Crippen LogP contribution in [0.15, 0.2) is 17.3 Å². The summed E-state index contributed by atoms with van der Waals surface area (Å²) in [5.74, 6) is -0.228. The molecule has 6 heteroatoms. The molecule has 0 fully saturated rings. The molecule has 5 nitrogen and oxygen atoms in total. The zero-order valence-corrected chi connectivity index (χ0v) is 8.50. The molecule has 0 saturated heterocycles. The van der Waals surface area contributed by atoms with Crippen molar-refractivity contribution < 1.29 is 9.72 Å². The van der Waals surface area contributed by atoms with Crippen molar-refractivity contribution in [1.29, 1.82) is 0 Å². The summed E-state index contributed by atoms with van der Waals surface area (Å²) in [6.45, 7) is 1.35. The van der Waals surface area contributed by atoms with E-state index in [4.69, 9.17) is 0 Å². The van der Waals surface area contributed by atoms with Gasteiger partial charge in [0, 0.05) is 17.8 Å².